The smallest absolute Gasteiger partial charge is 0.387 e. The highest BCUT2D eigenvalue weighted by Crippen LogP contribution is 2.25. The maximum Gasteiger partial charge on any atom is 0.387 e. The highest BCUT2D eigenvalue weighted by atomic mass is 19.3. The van der Waals surface area contributed by atoms with Gasteiger partial charge in [-0.25, -0.2) is 9.48 Å². The predicted molar refractivity (Wildman–Crippen MR) is 80.4 cm³/mol. The topological polar surface area (TPSA) is 65.4 Å². The van der Waals surface area contributed by atoms with Crippen LogP contribution in [0.4, 0.5) is 14.6 Å². The highest BCUT2D eigenvalue weighted by Gasteiger charge is 2.22. The first-order valence-electron chi connectivity index (χ1n) is 6.97. The van der Waals surface area contributed by atoms with Gasteiger partial charge in [0.05, 0.1) is 18.0 Å². The van der Waals surface area contributed by atoms with E-state index in [1.165, 1.54) is 16.8 Å². The standard InChI is InChI=1S/C15H17F2N3O3/c1-4-22-14(21)12-9(2)19-20(13(12)18-3)10-5-7-11(8-6-10)23-15(16)17/h5-8,15,18H,4H2,1-3H3. The molecule has 124 valence electrons. The summed E-state index contributed by atoms with van der Waals surface area (Å²) in [6.45, 7) is 0.791. The summed E-state index contributed by atoms with van der Waals surface area (Å²) in [5.41, 5.74) is 1.43. The predicted octanol–water partition coefficient (Wildman–Crippen LogP) is 3.00. The highest BCUT2D eigenvalue weighted by molar-refractivity contribution is 5.96. The fraction of sp³-hybridized carbons (Fsp3) is 0.333. The van der Waals surface area contributed by atoms with Crippen LogP contribution in [-0.2, 0) is 4.74 Å². The summed E-state index contributed by atoms with van der Waals surface area (Å²) in [5.74, 6) is 0.0333. The number of aromatic nitrogens is 2. The van der Waals surface area contributed by atoms with Crippen molar-refractivity contribution in [1.29, 1.82) is 0 Å². The molecule has 8 heteroatoms. The van der Waals surface area contributed by atoms with Crippen molar-refractivity contribution in [2.45, 2.75) is 20.5 Å². The van der Waals surface area contributed by atoms with Crippen molar-refractivity contribution in [3.63, 3.8) is 0 Å². The molecular weight excluding hydrogens is 308 g/mol. The molecule has 0 aliphatic carbocycles. The van der Waals surface area contributed by atoms with Crippen molar-refractivity contribution in [1.82, 2.24) is 9.78 Å². The van der Waals surface area contributed by atoms with Gasteiger partial charge in [-0.15, -0.1) is 0 Å². The third kappa shape index (κ3) is 3.58. The number of nitrogens with one attached hydrogen (secondary N) is 1. The van der Waals surface area contributed by atoms with Gasteiger partial charge in [0.2, 0.25) is 0 Å². The van der Waals surface area contributed by atoms with Crippen LogP contribution in [0.3, 0.4) is 0 Å². The third-order valence-corrected chi connectivity index (χ3v) is 3.08. The quantitative estimate of drug-likeness (QED) is 0.827. The first kappa shape index (κ1) is 16.7. The number of benzene rings is 1. The molecule has 1 N–H and O–H groups in total. The van der Waals surface area contributed by atoms with Crippen molar-refractivity contribution in [2.24, 2.45) is 0 Å². The van der Waals surface area contributed by atoms with Crippen LogP contribution in [0.2, 0.25) is 0 Å². The van der Waals surface area contributed by atoms with E-state index in [4.69, 9.17) is 4.74 Å². The lowest BCUT2D eigenvalue weighted by atomic mass is 10.2. The molecule has 6 nitrogen and oxygen atoms in total. The number of hydrogen-bond donors (Lipinski definition) is 1. The van der Waals surface area contributed by atoms with Crippen molar-refractivity contribution >= 4 is 11.8 Å². The summed E-state index contributed by atoms with van der Waals surface area (Å²) in [6.07, 6.45) is 0. The Morgan fingerprint density at radius 3 is 2.52 bits per heavy atom. The first-order valence-corrected chi connectivity index (χ1v) is 6.97. The SMILES string of the molecule is CCOC(=O)c1c(C)nn(-c2ccc(OC(F)F)cc2)c1NC. The third-order valence-electron chi connectivity index (χ3n) is 3.08. The molecular formula is C15H17F2N3O3. The molecule has 1 aromatic carbocycles. The van der Waals surface area contributed by atoms with Gasteiger partial charge in [-0.3, -0.25) is 0 Å². The van der Waals surface area contributed by atoms with Gasteiger partial charge in [-0.05, 0) is 38.1 Å². The molecule has 0 atom stereocenters. The summed E-state index contributed by atoms with van der Waals surface area (Å²) in [4.78, 5) is 12.0. The van der Waals surface area contributed by atoms with Crippen LogP contribution in [0.5, 0.6) is 5.75 Å². The first-order chi connectivity index (χ1) is 11.0. The Morgan fingerprint density at radius 2 is 2.00 bits per heavy atom. The Hall–Kier alpha value is -2.64. The molecule has 0 aliphatic heterocycles. The van der Waals surface area contributed by atoms with Gasteiger partial charge in [0.15, 0.2) is 0 Å². The zero-order valence-corrected chi connectivity index (χ0v) is 13.0. The van der Waals surface area contributed by atoms with E-state index in [0.717, 1.165) is 0 Å². The minimum absolute atomic E-state index is 0.0456. The Kier molecular flexibility index (Phi) is 5.15. The van der Waals surface area contributed by atoms with Crippen molar-refractivity contribution < 1.29 is 23.0 Å². The van der Waals surface area contributed by atoms with Gasteiger partial charge in [-0.1, -0.05) is 0 Å². The van der Waals surface area contributed by atoms with Crippen molar-refractivity contribution in [3.8, 4) is 11.4 Å². The van der Waals surface area contributed by atoms with Gasteiger partial charge in [0.1, 0.15) is 17.1 Å². The van der Waals surface area contributed by atoms with E-state index in [-0.39, 0.29) is 12.4 Å². The number of ether oxygens (including phenoxy) is 2. The molecule has 0 fully saturated rings. The van der Waals surface area contributed by atoms with Crippen molar-refractivity contribution in [2.75, 3.05) is 19.0 Å². The Bertz CT molecular complexity index is 684. The van der Waals surface area contributed by atoms with E-state index < -0.39 is 12.6 Å². The lowest BCUT2D eigenvalue weighted by molar-refractivity contribution is -0.0498. The average Bonchev–Trinajstić information content (AvgIpc) is 2.84. The second-order valence-corrected chi connectivity index (χ2v) is 4.56. The minimum Gasteiger partial charge on any atom is -0.462 e. The molecule has 2 aromatic rings. The number of hydrogen-bond acceptors (Lipinski definition) is 5. The van der Waals surface area contributed by atoms with Gasteiger partial charge < -0.3 is 14.8 Å². The number of anilines is 1. The largest absolute Gasteiger partial charge is 0.462 e. The summed E-state index contributed by atoms with van der Waals surface area (Å²) < 4.78 is 35.2. The lowest BCUT2D eigenvalue weighted by Gasteiger charge is -2.10. The van der Waals surface area contributed by atoms with E-state index >= 15 is 0 Å². The number of nitrogens with zero attached hydrogens (tertiary/aromatic N) is 2. The second-order valence-electron chi connectivity index (χ2n) is 4.56. The van der Waals surface area contributed by atoms with E-state index in [2.05, 4.69) is 15.2 Å². The Balaban J connectivity index is 2.39. The van der Waals surface area contributed by atoms with E-state index in [9.17, 15) is 13.6 Å². The zero-order valence-electron chi connectivity index (χ0n) is 13.0. The number of halogens is 2. The normalized spacial score (nSPS) is 10.7. The fourth-order valence-electron chi connectivity index (χ4n) is 2.16. The Labute approximate surface area is 132 Å². The lowest BCUT2D eigenvalue weighted by Crippen LogP contribution is -2.09. The molecule has 0 saturated carbocycles. The fourth-order valence-corrected chi connectivity index (χ4v) is 2.16. The second kappa shape index (κ2) is 7.08. The van der Waals surface area contributed by atoms with E-state index in [1.807, 2.05) is 0 Å². The molecule has 23 heavy (non-hydrogen) atoms. The molecule has 1 aromatic heterocycles. The average molecular weight is 325 g/mol. The molecule has 2 rings (SSSR count). The minimum atomic E-state index is -2.88. The molecule has 0 saturated heterocycles. The zero-order chi connectivity index (χ0) is 17.0. The van der Waals surface area contributed by atoms with Crippen molar-refractivity contribution in [3.05, 3.63) is 35.5 Å². The number of carbonyl (C=O) groups is 1. The number of alkyl halides is 2. The van der Waals surface area contributed by atoms with E-state index in [1.54, 1.807) is 33.0 Å². The molecule has 0 bridgehead atoms. The molecule has 0 amide bonds. The van der Waals surface area contributed by atoms with Crippen LogP contribution >= 0.6 is 0 Å². The van der Waals surface area contributed by atoms with E-state index in [0.29, 0.717) is 22.8 Å². The summed E-state index contributed by atoms with van der Waals surface area (Å²) in [5, 5.41) is 7.23. The van der Waals surface area contributed by atoms with Crippen LogP contribution < -0.4 is 10.1 Å². The molecule has 0 radical (unpaired) electrons. The maximum atomic E-state index is 12.2. The molecule has 1 heterocycles. The molecule has 0 spiro atoms. The number of esters is 1. The number of carbonyl (C=O) groups excluding carboxylic acids is 1. The summed E-state index contributed by atoms with van der Waals surface area (Å²) in [7, 11) is 1.66. The maximum absolute atomic E-state index is 12.2. The van der Waals surface area contributed by atoms with Gasteiger partial charge in [0, 0.05) is 7.05 Å². The number of rotatable bonds is 6. The van der Waals surface area contributed by atoms with Gasteiger partial charge in [-0.2, -0.15) is 13.9 Å². The van der Waals surface area contributed by atoms with Gasteiger partial charge >= 0.3 is 12.6 Å². The van der Waals surface area contributed by atoms with Crippen LogP contribution in [0.25, 0.3) is 5.69 Å². The summed E-state index contributed by atoms with van der Waals surface area (Å²) in [6, 6.07) is 5.95. The van der Waals surface area contributed by atoms with Gasteiger partial charge in [0.25, 0.3) is 0 Å². The molecule has 0 unspecified atom stereocenters. The van der Waals surface area contributed by atoms with Crippen LogP contribution in [0, 0.1) is 6.92 Å². The van der Waals surface area contributed by atoms with Crippen LogP contribution in [-0.4, -0.2) is 36.0 Å². The monoisotopic (exact) mass is 325 g/mol. The van der Waals surface area contributed by atoms with Crippen LogP contribution in [0.15, 0.2) is 24.3 Å². The Morgan fingerprint density at radius 1 is 1.35 bits per heavy atom. The number of aryl methyl sites for hydroxylation is 1. The summed E-state index contributed by atoms with van der Waals surface area (Å²) >= 11 is 0. The molecule has 0 aliphatic rings. The van der Waals surface area contributed by atoms with Crippen LogP contribution in [0.1, 0.15) is 23.0 Å².